The molecule has 0 saturated heterocycles. The fourth-order valence-corrected chi connectivity index (χ4v) is 4.02. The zero-order valence-electron chi connectivity index (χ0n) is 11.6. The lowest BCUT2D eigenvalue weighted by molar-refractivity contribution is 0.406. The number of nitrogens with two attached hydrogens (primary N) is 1. The van der Waals surface area contributed by atoms with E-state index >= 15 is 0 Å². The van der Waals surface area contributed by atoms with Gasteiger partial charge in [-0.25, -0.2) is 4.98 Å². The van der Waals surface area contributed by atoms with Crippen LogP contribution in [0, 0.1) is 6.92 Å². The van der Waals surface area contributed by atoms with Gasteiger partial charge in [0, 0.05) is 11.3 Å². The van der Waals surface area contributed by atoms with Crippen molar-refractivity contribution in [3.63, 3.8) is 0 Å². The van der Waals surface area contributed by atoms with Crippen molar-refractivity contribution in [3.05, 3.63) is 41.7 Å². The molecule has 0 aliphatic heterocycles. The number of nitrogens with zero attached hydrogens (tertiary/aromatic N) is 2. The van der Waals surface area contributed by atoms with Crippen LogP contribution in [0.3, 0.4) is 0 Å². The smallest absolute Gasteiger partial charge is 0.208 e. The van der Waals surface area contributed by atoms with Crippen LogP contribution in [0.15, 0.2) is 35.5 Å². The van der Waals surface area contributed by atoms with Crippen LogP contribution < -0.4 is 5.73 Å². The molecule has 1 saturated carbocycles. The van der Waals surface area contributed by atoms with E-state index < -0.39 is 0 Å². The molecule has 3 rings (SSSR count). The van der Waals surface area contributed by atoms with Crippen molar-refractivity contribution in [2.75, 3.05) is 0 Å². The number of hydrogen-bond donors (Lipinski definition) is 2. The first-order valence-corrected chi connectivity index (χ1v) is 7.96. The van der Waals surface area contributed by atoms with Gasteiger partial charge in [-0.2, -0.15) is 0 Å². The van der Waals surface area contributed by atoms with Crippen LogP contribution in [0.5, 0.6) is 0 Å². The van der Waals surface area contributed by atoms with Crippen molar-refractivity contribution in [1.29, 1.82) is 0 Å². The Balaban J connectivity index is 1.70. The Morgan fingerprint density at radius 1 is 1.25 bits per heavy atom. The maximum atomic E-state index is 6.29. The van der Waals surface area contributed by atoms with Crippen molar-refractivity contribution in [3.8, 4) is 0 Å². The molecule has 1 aliphatic rings. The van der Waals surface area contributed by atoms with E-state index in [2.05, 4.69) is 45.5 Å². The molecule has 3 unspecified atom stereocenters. The predicted octanol–water partition coefficient (Wildman–Crippen LogP) is 2.87. The molecule has 106 valence electrons. The van der Waals surface area contributed by atoms with Gasteiger partial charge in [-0.05, 0) is 37.7 Å². The Hall–Kier alpha value is -1.33. The second-order valence-electron chi connectivity index (χ2n) is 5.44. The van der Waals surface area contributed by atoms with E-state index in [1.54, 1.807) is 11.8 Å². The first-order chi connectivity index (χ1) is 9.72. The van der Waals surface area contributed by atoms with Crippen LogP contribution in [0.25, 0.3) is 0 Å². The summed E-state index contributed by atoms with van der Waals surface area (Å²) in [5.41, 5.74) is 7.71. The molecular formula is C15H20N4S. The summed E-state index contributed by atoms with van der Waals surface area (Å²) in [6, 6.07) is 11.0. The molecule has 5 heteroatoms. The molecule has 1 aromatic heterocycles. The fraction of sp³-hybridized carbons (Fsp3) is 0.467. The molecule has 0 bridgehead atoms. The van der Waals surface area contributed by atoms with Gasteiger partial charge in [-0.3, -0.25) is 5.10 Å². The van der Waals surface area contributed by atoms with E-state index in [4.69, 9.17) is 5.73 Å². The summed E-state index contributed by atoms with van der Waals surface area (Å²) in [4.78, 5) is 4.38. The second-order valence-corrected chi connectivity index (χ2v) is 6.65. The highest BCUT2D eigenvalue weighted by atomic mass is 32.2. The second kappa shape index (κ2) is 5.97. The minimum absolute atomic E-state index is 0.235. The van der Waals surface area contributed by atoms with Gasteiger partial charge < -0.3 is 5.73 Å². The van der Waals surface area contributed by atoms with E-state index in [-0.39, 0.29) is 6.04 Å². The zero-order valence-corrected chi connectivity index (χ0v) is 12.4. The van der Waals surface area contributed by atoms with Crippen LogP contribution in [0.1, 0.15) is 36.6 Å². The van der Waals surface area contributed by atoms with Crippen LogP contribution in [-0.2, 0) is 0 Å². The van der Waals surface area contributed by atoms with Crippen LogP contribution in [-0.4, -0.2) is 26.5 Å². The summed E-state index contributed by atoms with van der Waals surface area (Å²) in [6.45, 7) is 1.92. The van der Waals surface area contributed by atoms with Gasteiger partial charge in [0.25, 0.3) is 0 Å². The largest absolute Gasteiger partial charge is 0.327 e. The van der Waals surface area contributed by atoms with Gasteiger partial charge in [0.05, 0.1) is 0 Å². The van der Waals surface area contributed by atoms with Crippen molar-refractivity contribution in [2.45, 2.75) is 48.6 Å². The third kappa shape index (κ3) is 3.04. The van der Waals surface area contributed by atoms with Gasteiger partial charge in [0.2, 0.25) is 5.16 Å². The summed E-state index contributed by atoms with van der Waals surface area (Å²) in [6.07, 6.45) is 3.35. The molecule has 0 amide bonds. The van der Waals surface area contributed by atoms with Gasteiger partial charge >= 0.3 is 0 Å². The number of hydrogen-bond acceptors (Lipinski definition) is 4. The molecule has 4 nitrogen and oxygen atoms in total. The quantitative estimate of drug-likeness (QED) is 0.911. The summed E-state index contributed by atoms with van der Waals surface area (Å²) >= 11 is 1.71. The van der Waals surface area contributed by atoms with E-state index in [1.165, 1.54) is 12.0 Å². The maximum Gasteiger partial charge on any atom is 0.208 e. The number of benzene rings is 1. The van der Waals surface area contributed by atoms with Crippen molar-refractivity contribution >= 4 is 11.8 Å². The third-order valence-electron chi connectivity index (χ3n) is 3.95. The SMILES string of the molecule is Cc1nc(SC2CC(c3ccccc3)CCC2N)n[nH]1. The van der Waals surface area contributed by atoms with Gasteiger partial charge in [0.15, 0.2) is 0 Å². The Morgan fingerprint density at radius 3 is 2.75 bits per heavy atom. The van der Waals surface area contributed by atoms with E-state index in [9.17, 15) is 0 Å². The number of aromatic nitrogens is 3. The summed E-state index contributed by atoms with van der Waals surface area (Å²) in [5.74, 6) is 1.46. The van der Waals surface area contributed by atoms with Gasteiger partial charge in [0.1, 0.15) is 5.82 Å². The molecule has 3 N–H and O–H groups in total. The van der Waals surface area contributed by atoms with Crippen LogP contribution in [0.4, 0.5) is 0 Å². The molecule has 2 aromatic rings. The van der Waals surface area contributed by atoms with E-state index in [0.717, 1.165) is 23.8 Å². The van der Waals surface area contributed by atoms with Crippen molar-refractivity contribution < 1.29 is 0 Å². The molecule has 1 aromatic carbocycles. The number of aryl methyl sites for hydroxylation is 1. The first kappa shape index (κ1) is 13.6. The van der Waals surface area contributed by atoms with Gasteiger partial charge in [-0.1, -0.05) is 42.1 Å². The number of rotatable bonds is 3. The minimum Gasteiger partial charge on any atom is -0.327 e. The molecule has 1 aliphatic carbocycles. The number of nitrogens with one attached hydrogen (secondary N) is 1. The highest BCUT2D eigenvalue weighted by Crippen LogP contribution is 2.39. The Bertz CT molecular complexity index is 554. The van der Waals surface area contributed by atoms with Crippen LogP contribution in [0.2, 0.25) is 0 Å². The fourth-order valence-electron chi connectivity index (χ4n) is 2.83. The standard InChI is InChI=1S/C15H20N4S/c1-10-17-15(19-18-10)20-14-9-12(7-8-13(14)16)11-5-3-2-4-6-11/h2-6,12-14H,7-9,16H2,1H3,(H,17,18,19). The highest BCUT2D eigenvalue weighted by Gasteiger charge is 2.30. The Kier molecular flexibility index (Phi) is 4.08. The predicted molar refractivity (Wildman–Crippen MR) is 81.8 cm³/mol. The Morgan fingerprint density at radius 2 is 2.05 bits per heavy atom. The summed E-state index contributed by atoms with van der Waals surface area (Å²) < 4.78 is 0. The third-order valence-corrected chi connectivity index (χ3v) is 5.19. The van der Waals surface area contributed by atoms with E-state index in [1.807, 2.05) is 6.92 Å². The topological polar surface area (TPSA) is 67.6 Å². The molecule has 0 spiro atoms. The summed E-state index contributed by atoms with van der Waals surface area (Å²) in [7, 11) is 0. The van der Waals surface area contributed by atoms with Gasteiger partial charge in [-0.15, -0.1) is 5.10 Å². The number of thioether (sulfide) groups is 1. The molecule has 20 heavy (non-hydrogen) atoms. The first-order valence-electron chi connectivity index (χ1n) is 7.08. The molecular weight excluding hydrogens is 268 g/mol. The normalized spacial score (nSPS) is 26.6. The van der Waals surface area contributed by atoms with E-state index in [0.29, 0.717) is 11.2 Å². The zero-order chi connectivity index (χ0) is 13.9. The van der Waals surface area contributed by atoms with Crippen molar-refractivity contribution in [1.82, 2.24) is 15.2 Å². The number of H-pyrrole nitrogens is 1. The van der Waals surface area contributed by atoms with Crippen LogP contribution >= 0.6 is 11.8 Å². The molecule has 0 radical (unpaired) electrons. The Labute approximate surface area is 123 Å². The molecule has 1 heterocycles. The lowest BCUT2D eigenvalue weighted by Crippen LogP contribution is -2.37. The maximum absolute atomic E-state index is 6.29. The number of aromatic amines is 1. The van der Waals surface area contributed by atoms with Crippen molar-refractivity contribution in [2.24, 2.45) is 5.73 Å². The average molecular weight is 288 g/mol. The lowest BCUT2D eigenvalue weighted by atomic mass is 9.82. The monoisotopic (exact) mass is 288 g/mol. The average Bonchev–Trinajstić information content (AvgIpc) is 2.88. The molecule has 3 atom stereocenters. The molecule has 1 fully saturated rings. The lowest BCUT2D eigenvalue weighted by Gasteiger charge is -2.33. The highest BCUT2D eigenvalue weighted by molar-refractivity contribution is 7.99. The summed E-state index contributed by atoms with van der Waals surface area (Å²) in [5, 5.41) is 8.32. The minimum atomic E-state index is 0.235.